The topological polar surface area (TPSA) is 66.4 Å². The summed E-state index contributed by atoms with van der Waals surface area (Å²) in [5.41, 5.74) is 0. The van der Waals surface area contributed by atoms with Crippen LogP contribution in [0, 0.1) is 0 Å². The minimum atomic E-state index is -3.11. The van der Waals surface area contributed by atoms with Gasteiger partial charge in [0.2, 0.25) is 0 Å². The maximum Gasteiger partial charge on any atom is 0.175 e. The first-order valence-corrected chi connectivity index (χ1v) is 8.56. The van der Waals surface area contributed by atoms with Crippen molar-refractivity contribution in [2.75, 3.05) is 25.7 Å². The van der Waals surface area contributed by atoms with Crippen LogP contribution in [0.5, 0.6) is 0 Å². The van der Waals surface area contributed by atoms with Gasteiger partial charge in [0.25, 0.3) is 0 Å². The molecule has 18 heavy (non-hydrogen) atoms. The zero-order chi connectivity index (χ0) is 13.6. The third-order valence-electron chi connectivity index (χ3n) is 2.62. The Morgan fingerprint density at radius 1 is 1.33 bits per heavy atom. The molecule has 0 radical (unpaired) electrons. The molecule has 1 aromatic carbocycles. The van der Waals surface area contributed by atoms with Gasteiger partial charge in [-0.05, 0) is 43.5 Å². The molecule has 0 heterocycles. The van der Waals surface area contributed by atoms with E-state index in [9.17, 15) is 8.42 Å². The van der Waals surface area contributed by atoms with E-state index in [1.807, 2.05) is 19.2 Å². The van der Waals surface area contributed by atoms with Crippen LogP contribution in [0.3, 0.4) is 0 Å². The normalized spacial score (nSPS) is 13.5. The molecule has 4 nitrogen and oxygen atoms in total. The molecule has 0 fully saturated rings. The Hall–Kier alpha value is -0.560. The molecule has 0 amide bonds. The van der Waals surface area contributed by atoms with E-state index >= 15 is 0 Å². The first-order chi connectivity index (χ1) is 8.47. The minimum Gasteiger partial charge on any atom is -0.395 e. The fourth-order valence-corrected chi connectivity index (χ4v) is 3.03. The minimum absolute atomic E-state index is 0.118. The van der Waals surface area contributed by atoms with E-state index in [1.54, 1.807) is 23.9 Å². The highest BCUT2D eigenvalue weighted by molar-refractivity contribution is 7.99. The Labute approximate surface area is 113 Å². The first-order valence-electron chi connectivity index (χ1n) is 5.68. The molecule has 102 valence electrons. The Balaban J connectivity index is 2.50. The molecule has 0 bridgehead atoms. The smallest absolute Gasteiger partial charge is 0.175 e. The van der Waals surface area contributed by atoms with Gasteiger partial charge in [-0.1, -0.05) is 0 Å². The van der Waals surface area contributed by atoms with Gasteiger partial charge in [0.1, 0.15) is 0 Å². The van der Waals surface area contributed by atoms with Crippen molar-refractivity contribution in [3.8, 4) is 0 Å². The van der Waals surface area contributed by atoms with Crippen LogP contribution in [0.25, 0.3) is 0 Å². The van der Waals surface area contributed by atoms with Crippen LogP contribution in [0.1, 0.15) is 6.42 Å². The fraction of sp³-hybridized carbons (Fsp3) is 0.500. The monoisotopic (exact) mass is 289 g/mol. The van der Waals surface area contributed by atoms with E-state index in [-0.39, 0.29) is 12.6 Å². The van der Waals surface area contributed by atoms with Crippen LogP contribution in [0.4, 0.5) is 0 Å². The van der Waals surface area contributed by atoms with E-state index in [4.69, 9.17) is 5.11 Å². The lowest BCUT2D eigenvalue weighted by atomic mass is 10.2. The van der Waals surface area contributed by atoms with Crippen molar-refractivity contribution in [1.29, 1.82) is 0 Å². The predicted molar refractivity (Wildman–Crippen MR) is 74.8 cm³/mol. The average Bonchev–Trinajstić information content (AvgIpc) is 2.34. The molecule has 0 aliphatic heterocycles. The molecule has 0 aliphatic rings. The van der Waals surface area contributed by atoms with Crippen molar-refractivity contribution in [3.63, 3.8) is 0 Å². The molecule has 2 N–H and O–H groups in total. The summed E-state index contributed by atoms with van der Waals surface area (Å²) in [7, 11) is -1.29. The van der Waals surface area contributed by atoms with Gasteiger partial charge in [0.05, 0.1) is 11.5 Å². The summed E-state index contributed by atoms with van der Waals surface area (Å²) in [5, 5.41) is 12.0. The average molecular weight is 289 g/mol. The molecule has 6 heteroatoms. The lowest BCUT2D eigenvalue weighted by Gasteiger charge is -2.12. The third-order valence-corrected chi connectivity index (χ3v) is 4.79. The number of thioether (sulfide) groups is 1. The quantitative estimate of drug-likeness (QED) is 0.737. The summed E-state index contributed by atoms with van der Waals surface area (Å²) in [4.78, 5) is 1.38. The summed E-state index contributed by atoms with van der Waals surface area (Å²) < 4.78 is 22.6. The number of aliphatic hydroxyl groups is 1. The number of sulfone groups is 1. The SMILES string of the molecule is CNC(CO)CCSc1ccc(S(C)(=O)=O)cc1. The number of aliphatic hydroxyl groups excluding tert-OH is 1. The predicted octanol–water partition coefficient (Wildman–Crippen LogP) is 1.15. The molecule has 0 aromatic heterocycles. The highest BCUT2D eigenvalue weighted by Gasteiger charge is 2.07. The van der Waals surface area contributed by atoms with Crippen molar-refractivity contribution < 1.29 is 13.5 Å². The highest BCUT2D eigenvalue weighted by atomic mass is 32.2. The number of likely N-dealkylation sites (N-methyl/N-ethyl adjacent to an activating group) is 1. The Bertz CT molecular complexity index is 453. The van der Waals surface area contributed by atoms with Crippen LogP contribution in [-0.4, -0.2) is 45.2 Å². The molecule has 0 aliphatic carbocycles. The number of hydrogen-bond acceptors (Lipinski definition) is 5. The standard InChI is InChI=1S/C12H19NO3S2/c1-13-10(9-14)7-8-17-11-3-5-12(6-4-11)18(2,15)16/h3-6,10,13-14H,7-9H2,1-2H3. The fourth-order valence-electron chi connectivity index (χ4n) is 1.43. The zero-order valence-electron chi connectivity index (χ0n) is 10.6. The second-order valence-electron chi connectivity index (χ2n) is 4.05. The van der Waals surface area contributed by atoms with Crippen molar-refractivity contribution in [2.45, 2.75) is 22.3 Å². The Morgan fingerprint density at radius 2 is 1.94 bits per heavy atom. The lowest BCUT2D eigenvalue weighted by molar-refractivity contribution is 0.246. The van der Waals surface area contributed by atoms with Gasteiger partial charge < -0.3 is 10.4 Å². The Morgan fingerprint density at radius 3 is 2.39 bits per heavy atom. The maximum atomic E-state index is 11.3. The van der Waals surface area contributed by atoms with Crippen LogP contribution < -0.4 is 5.32 Å². The molecular formula is C12H19NO3S2. The molecule has 0 saturated carbocycles. The van der Waals surface area contributed by atoms with Crippen molar-refractivity contribution >= 4 is 21.6 Å². The molecular weight excluding hydrogens is 270 g/mol. The number of rotatable bonds is 7. The van der Waals surface area contributed by atoms with Crippen molar-refractivity contribution in [3.05, 3.63) is 24.3 Å². The van der Waals surface area contributed by atoms with E-state index in [0.717, 1.165) is 17.1 Å². The van der Waals surface area contributed by atoms with Crippen LogP contribution in [0.2, 0.25) is 0 Å². The summed E-state index contributed by atoms with van der Waals surface area (Å²) >= 11 is 1.65. The number of hydrogen-bond donors (Lipinski definition) is 2. The van der Waals surface area contributed by atoms with Gasteiger partial charge in [0, 0.05) is 17.2 Å². The number of benzene rings is 1. The number of nitrogens with one attached hydrogen (secondary N) is 1. The molecule has 1 rings (SSSR count). The summed E-state index contributed by atoms with van der Waals surface area (Å²) in [6.07, 6.45) is 2.07. The van der Waals surface area contributed by atoms with E-state index in [1.165, 1.54) is 6.26 Å². The van der Waals surface area contributed by atoms with Crippen LogP contribution in [0.15, 0.2) is 34.1 Å². The Kier molecular flexibility index (Phi) is 6.14. The molecule has 1 atom stereocenters. The molecule has 1 aromatic rings. The second-order valence-corrected chi connectivity index (χ2v) is 7.23. The maximum absolute atomic E-state index is 11.3. The molecule has 1 unspecified atom stereocenters. The molecule has 0 saturated heterocycles. The van der Waals surface area contributed by atoms with Gasteiger partial charge in [-0.25, -0.2) is 8.42 Å². The lowest BCUT2D eigenvalue weighted by Crippen LogP contribution is -2.29. The summed E-state index contributed by atoms with van der Waals surface area (Å²) in [6.45, 7) is 0.129. The summed E-state index contributed by atoms with van der Waals surface area (Å²) in [5.74, 6) is 0.879. The van der Waals surface area contributed by atoms with Crippen LogP contribution in [-0.2, 0) is 9.84 Å². The van der Waals surface area contributed by atoms with Gasteiger partial charge >= 0.3 is 0 Å². The zero-order valence-corrected chi connectivity index (χ0v) is 12.2. The second kappa shape index (κ2) is 7.13. The largest absolute Gasteiger partial charge is 0.395 e. The van der Waals surface area contributed by atoms with E-state index in [0.29, 0.717) is 4.90 Å². The highest BCUT2D eigenvalue weighted by Crippen LogP contribution is 2.21. The van der Waals surface area contributed by atoms with Crippen molar-refractivity contribution in [1.82, 2.24) is 5.32 Å². The van der Waals surface area contributed by atoms with Crippen LogP contribution >= 0.6 is 11.8 Å². The molecule has 0 spiro atoms. The summed E-state index contributed by atoms with van der Waals surface area (Å²) in [6, 6.07) is 6.99. The van der Waals surface area contributed by atoms with E-state index in [2.05, 4.69) is 5.32 Å². The van der Waals surface area contributed by atoms with Gasteiger partial charge in [-0.2, -0.15) is 0 Å². The van der Waals surface area contributed by atoms with Crippen molar-refractivity contribution in [2.24, 2.45) is 0 Å². The first kappa shape index (κ1) is 15.5. The van der Waals surface area contributed by atoms with Gasteiger partial charge in [-0.15, -0.1) is 11.8 Å². The van der Waals surface area contributed by atoms with Gasteiger partial charge in [-0.3, -0.25) is 0 Å². The van der Waals surface area contributed by atoms with E-state index < -0.39 is 9.84 Å². The van der Waals surface area contributed by atoms with Gasteiger partial charge in [0.15, 0.2) is 9.84 Å². The third kappa shape index (κ3) is 4.97.